The van der Waals surface area contributed by atoms with E-state index in [0.29, 0.717) is 0 Å². The minimum Gasteiger partial charge on any atom is -0.467 e. The fourth-order valence-electron chi connectivity index (χ4n) is 2.09. The highest BCUT2D eigenvalue weighted by Gasteiger charge is 2.16. The Bertz CT molecular complexity index is 578. The summed E-state index contributed by atoms with van der Waals surface area (Å²) in [7, 11) is 0. The lowest BCUT2D eigenvalue weighted by Gasteiger charge is -2.18. The predicted molar refractivity (Wildman–Crippen MR) is 85.8 cm³/mol. The van der Waals surface area contributed by atoms with Crippen LogP contribution in [0.1, 0.15) is 56.8 Å². The zero-order valence-corrected chi connectivity index (χ0v) is 13.4. The van der Waals surface area contributed by atoms with Gasteiger partial charge in [0.05, 0.1) is 12.3 Å². The molecule has 2 N–H and O–H groups in total. The summed E-state index contributed by atoms with van der Waals surface area (Å²) >= 11 is 0. The van der Waals surface area contributed by atoms with Crippen molar-refractivity contribution < 1.29 is 4.42 Å². The molecule has 2 rings (SSSR count). The Morgan fingerprint density at radius 1 is 1.19 bits per heavy atom. The van der Waals surface area contributed by atoms with Gasteiger partial charge in [0.2, 0.25) is 0 Å². The molecule has 2 heterocycles. The monoisotopic (exact) mass is 288 g/mol. The average molecular weight is 288 g/mol. The van der Waals surface area contributed by atoms with E-state index in [1.807, 2.05) is 19.1 Å². The zero-order valence-electron chi connectivity index (χ0n) is 13.4. The van der Waals surface area contributed by atoms with Crippen molar-refractivity contribution in [2.24, 2.45) is 0 Å². The number of aromatic nitrogens is 2. The first-order valence-corrected chi connectivity index (χ1v) is 7.45. The molecule has 2 aromatic heterocycles. The number of hydrogen-bond donors (Lipinski definition) is 2. The molecule has 0 amide bonds. The lowest BCUT2D eigenvalue weighted by molar-refractivity contribution is 0.490. The summed E-state index contributed by atoms with van der Waals surface area (Å²) in [5, 5.41) is 6.73. The largest absolute Gasteiger partial charge is 0.467 e. The molecule has 1 atom stereocenters. The third-order valence-corrected chi connectivity index (χ3v) is 3.35. The Labute approximate surface area is 126 Å². The third kappa shape index (κ3) is 3.54. The summed E-state index contributed by atoms with van der Waals surface area (Å²) in [6, 6.07) is 3.91. The molecule has 21 heavy (non-hydrogen) atoms. The Kier molecular flexibility index (Phi) is 4.83. The molecule has 114 valence electrons. The number of anilines is 2. The van der Waals surface area contributed by atoms with Crippen molar-refractivity contribution in [3.63, 3.8) is 0 Å². The van der Waals surface area contributed by atoms with Crippen molar-refractivity contribution in [3.05, 3.63) is 35.5 Å². The first-order chi connectivity index (χ1) is 10.0. The Hall–Kier alpha value is -2.04. The topological polar surface area (TPSA) is 63.0 Å². The van der Waals surface area contributed by atoms with Crippen LogP contribution < -0.4 is 10.6 Å². The van der Waals surface area contributed by atoms with Crippen molar-refractivity contribution in [1.82, 2.24) is 9.97 Å². The molecular weight excluding hydrogens is 264 g/mol. The highest BCUT2D eigenvalue weighted by atomic mass is 16.3. The van der Waals surface area contributed by atoms with Gasteiger partial charge in [0.25, 0.3) is 0 Å². The van der Waals surface area contributed by atoms with E-state index >= 15 is 0 Å². The van der Waals surface area contributed by atoms with Gasteiger partial charge in [-0.3, -0.25) is 0 Å². The number of nitrogens with one attached hydrogen (secondary N) is 2. The fraction of sp³-hybridized carbons (Fsp3) is 0.500. The van der Waals surface area contributed by atoms with Gasteiger partial charge in [-0.2, -0.15) is 0 Å². The maximum atomic E-state index is 5.44. The van der Waals surface area contributed by atoms with Crippen LogP contribution in [0.2, 0.25) is 0 Å². The SMILES string of the molecule is CCNc1nc(C(C)C)nc(NC(C)c2ccco2)c1C. The van der Waals surface area contributed by atoms with Gasteiger partial charge in [-0.05, 0) is 32.9 Å². The van der Waals surface area contributed by atoms with E-state index in [2.05, 4.69) is 48.3 Å². The van der Waals surface area contributed by atoms with Crippen LogP contribution in [0, 0.1) is 6.92 Å². The molecule has 0 fully saturated rings. The smallest absolute Gasteiger partial charge is 0.135 e. The van der Waals surface area contributed by atoms with Crippen molar-refractivity contribution in [1.29, 1.82) is 0 Å². The van der Waals surface area contributed by atoms with Gasteiger partial charge >= 0.3 is 0 Å². The van der Waals surface area contributed by atoms with E-state index in [0.717, 1.165) is 35.3 Å². The van der Waals surface area contributed by atoms with Gasteiger partial charge in [-0.25, -0.2) is 9.97 Å². The molecular formula is C16H24N4O. The van der Waals surface area contributed by atoms with Gasteiger partial charge in [0.15, 0.2) is 0 Å². The van der Waals surface area contributed by atoms with Crippen molar-refractivity contribution in [2.75, 3.05) is 17.2 Å². The minimum atomic E-state index is 0.0584. The van der Waals surface area contributed by atoms with E-state index in [4.69, 9.17) is 4.42 Å². The van der Waals surface area contributed by atoms with Crippen LogP contribution >= 0.6 is 0 Å². The second-order valence-corrected chi connectivity index (χ2v) is 5.47. The molecule has 1 unspecified atom stereocenters. The van der Waals surface area contributed by atoms with Gasteiger partial charge in [-0.15, -0.1) is 0 Å². The number of hydrogen-bond acceptors (Lipinski definition) is 5. The van der Waals surface area contributed by atoms with Crippen LogP contribution in [-0.4, -0.2) is 16.5 Å². The van der Waals surface area contributed by atoms with Crippen molar-refractivity contribution in [3.8, 4) is 0 Å². The normalized spacial score (nSPS) is 12.5. The van der Waals surface area contributed by atoms with Crippen LogP contribution in [0.4, 0.5) is 11.6 Å². The van der Waals surface area contributed by atoms with E-state index < -0.39 is 0 Å². The third-order valence-electron chi connectivity index (χ3n) is 3.35. The van der Waals surface area contributed by atoms with Gasteiger partial charge in [-0.1, -0.05) is 13.8 Å². The fourth-order valence-corrected chi connectivity index (χ4v) is 2.09. The quantitative estimate of drug-likeness (QED) is 0.837. The van der Waals surface area contributed by atoms with E-state index in [1.54, 1.807) is 6.26 Å². The molecule has 0 aromatic carbocycles. The Morgan fingerprint density at radius 2 is 1.90 bits per heavy atom. The summed E-state index contributed by atoms with van der Waals surface area (Å²) in [5.41, 5.74) is 1.03. The lowest BCUT2D eigenvalue weighted by atomic mass is 10.2. The summed E-state index contributed by atoms with van der Waals surface area (Å²) in [6.45, 7) is 11.2. The summed E-state index contributed by atoms with van der Waals surface area (Å²) in [6.07, 6.45) is 1.68. The van der Waals surface area contributed by atoms with E-state index in [1.165, 1.54) is 0 Å². The molecule has 0 aliphatic carbocycles. The van der Waals surface area contributed by atoms with Crippen LogP contribution in [0.25, 0.3) is 0 Å². The maximum Gasteiger partial charge on any atom is 0.135 e. The van der Waals surface area contributed by atoms with Crippen LogP contribution in [0.3, 0.4) is 0 Å². The maximum absolute atomic E-state index is 5.44. The van der Waals surface area contributed by atoms with Gasteiger partial charge < -0.3 is 15.1 Å². The number of nitrogens with zero attached hydrogens (tertiary/aromatic N) is 2. The van der Waals surface area contributed by atoms with Gasteiger partial charge in [0, 0.05) is 18.0 Å². The summed E-state index contributed by atoms with van der Waals surface area (Å²) in [5.74, 6) is 3.76. The second-order valence-electron chi connectivity index (χ2n) is 5.47. The molecule has 2 aromatic rings. The molecule has 0 saturated carbocycles. The predicted octanol–water partition coefficient (Wildman–Crippen LogP) is 4.11. The standard InChI is InChI=1S/C16H24N4O/c1-6-17-15-11(4)16(20-14(19-15)10(2)3)18-12(5)13-8-7-9-21-13/h7-10,12H,6H2,1-5H3,(H2,17,18,19,20). The molecule has 0 radical (unpaired) electrons. The molecule has 0 aliphatic heterocycles. The second kappa shape index (κ2) is 6.61. The van der Waals surface area contributed by atoms with Gasteiger partial charge in [0.1, 0.15) is 23.2 Å². The zero-order chi connectivity index (χ0) is 15.4. The van der Waals surface area contributed by atoms with Crippen LogP contribution in [0.5, 0.6) is 0 Å². The molecule has 5 nitrogen and oxygen atoms in total. The highest BCUT2D eigenvalue weighted by molar-refractivity contribution is 5.58. The number of furan rings is 1. The molecule has 0 saturated heterocycles. The average Bonchev–Trinajstić information content (AvgIpc) is 2.97. The number of rotatable bonds is 6. The Morgan fingerprint density at radius 3 is 2.48 bits per heavy atom. The van der Waals surface area contributed by atoms with Crippen molar-refractivity contribution >= 4 is 11.6 Å². The molecule has 5 heteroatoms. The van der Waals surface area contributed by atoms with Crippen molar-refractivity contribution in [2.45, 2.75) is 46.6 Å². The van der Waals surface area contributed by atoms with Crippen LogP contribution in [-0.2, 0) is 0 Å². The van der Waals surface area contributed by atoms with Crippen LogP contribution in [0.15, 0.2) is 22.8 Å². The highest BCUT2D eigenvalue weighted by Crippen LogP contribution is 2.26. The van der Waals surface area contributed by atoms with E-state index in [-0.39, 0.29) is 12.0 Å². The molecule has 0 aliphatic rings. The molecule has 0 bridgehead atoms. The minimum absolute atomic E-state index is 0.0584. The Balaban J connectivity index is 2.32. The first-order valence-electron chi connectivity index (χ1n) is 7.45. The molecule has 0 spiro atoms. The summed E-state index contributed by atoms with van der Waals surface area (Å²) in [4.78, 5) is 9.27. The summed E-state index contributed by atoms with van der Waals surface area (Å²) < 4.78 is 5.44. The lowest BCUT2D eigenvalue weighted by Crippen LogP contribution is -2.14. The van der Waals surface area contributed by atoms with E-state index in [9.17, 15) is 0 Å². The first kappa shape index (κ1) is 15.4.